The minimum Gasteiger partial charge on any atom is -0.324 e. The molecule has 0 spiro atoms. The van der Waals surface area contributed by atoms with E-state index in [-0.39, 0.29) is 18.4 Å². The van der Waals surface area contributed by atoms with Crippen LogP contribution in [0.15, 0.2) is 18.3 Å². The third kappa shape index (κ3) is 3.45. The lowest BCUT2D eigenvalue weighted by Gasteiger charge is -2.17. The number of halogens is 2. The molecule has 0 fully saturated rings. The molecule has 4 heteroatoms. The fourth-order valence-corrected chi connectivity index (χ4v) is 1.28. The van der Waals surface area contributed by atoms with Crippen molar-refractivity contribution in [3.05, 3.63) is 29.0 Å². The van der Waals surface area contributed by atoms with Gasteiger partial charge in [-0.05, 0) is 17.5 Å². The van der Waals surface area contributed by atoms with E-state index in [9.17, 15) is 0 Å². The lowest BCUT2D eigenvalue weighted by molar-refractivity contribution is 0.456. The van der Waals surface area contributed by atoms with Gasteiger partial charge in [-0.15, -0.1) is 12.4 Å². The molecule has 14 heavy (non-hydrogen) atoms. The summed E-state index contributed by atoms with van der Waals surface area (Å²) in [6.45, 7) is 4.27. The first-order chi connectivity index (χ1) is 6.15. The van der Waals surface area contributed by atoms with Crippen LogP contribution in [0.3, 0.4) is 0 Å². The van der Waals surface area contributed by atoms with Gasteiger partial charge < -0.3 is 5.73 Å². The quantitative estimate of drug-likeness (QED) is 0.817. The lowest BCUT2D eigenvalue weighted by Crippen LogP contribution is -2.18. The zero-order chi connectivity index (χ0) is 9.84. The summed E-state index contributed by atoms with van der Waals surface area (Å²) in [6.07, 6.45) is 2.82. The van der Waals surface area contributed by atoms with Gasteiger partial charge in [0.2, 0.25) is 0 Å². The van der Waals surface area contributed by atoms with Gasteiger partial charge in [0.15, 0.2) is 0 Å². The summed E-state index contributed by atoms with van der Waals surface area (Å²) in [5.74, 6) is 0.475. The fourth-order valence-electron chi connectivity index (χ4n) is 1.17. The van der Waals surface area contributed by atoms with E-state index in [4.69, 9.17) is 17.3 Å². The van der Waals surface area contributed by atoms with E-state index in [2.05, 4.69) is 18.8 Å². The van der Waals surface area contributed by atoms with Crippen LogP contribution in [0.2, 0.25) is 5.15 Å². The predicted molar refractivity (Wildman–Crippen MR) is 62.9 cm³/mol. The van der Waals surface area contributed by atoms with Gasteiger partial charge in [-0.2, -0.15) is 0 Å². The van der Waals surface area contributed by atoms with Crippen LogP contribution in [-0.4, -0.2) is 4.98 Å². The second kappa shape index (κ2) is 6.23. The molecule has 1 unspecified atom stereocenters. The Morgan fingerprint density at radius 2 is 2.14 bits per heavy atom. The largest absolute Gasteiger partial charge is 0.324 e. The normalized spacial score (nSPS) is 14.3. The van der Waals surface area contributed by atoms with E-state index in [1.807, 2.05) is 6.07 Å². The maximum Gasteiger partial charge on any atom is 0.129 e. The molecular weight excluding hydrogens is 219 g/mol. The predicted octanol–water partition coefficient (Wildman–Crippen LogP) is 3.20. The smallest absolute Gasteiger partial charge is 0.129 e. The number of hydrogen-bond acceptors (Lipinski definition) is 2. The Hall–Kier alpha value is -0.310. The summed E-state index contributed by atoms with van der Waals surface area (Å²) in [5, 5.41) is 0.514. The van der Waals surface area contributed by atoms with Crippen molar-refractivity contribution in [1.82, 2.24) is 4.98 Å². The Morgan fingerprint density at radius 3 is 2.57 bits per heavy atom. The van der Waals surface area contributed by atoms with Gasteiger partial charge in [-0.1, -0.05) is 37.9 Å². The molecule has 0 saturated carbocycles. The molecule has 0 amide bonds. The first kappa shape index (κ1) is 13.7. The molecule has 2 nitrogen and oxygen atoms in total. The zero-order valence-corrected chi connectivity index (χ0v) is 9.98. The molecule has 80 valence electrons. The SMILES string of the molecule is CCC(C)[C@H](N)c1ccc(Cl)nc1.Cl. The third-order valence-corrected chi connectivity index (χ3v) is 2.62. The maximum absolute atomic E-state index is 6.02. The summed E-state index contributed by atoms with van der Waals surface area (Å²) in [4.78, 5) is 4.00. The molecule has 0 saturated heterocycles. The molecule has 1 aromatic rings. The molecule has 0 bridgehead atoms. The van der Waals surface area contributed by atoms with Crippen LogP contribution in [0.1, 0.15) is 31.9 Å². The molecule has 1 aromatic heterocycles. The van der Waals surface area contributed by atoms with Gasteiger partial charge in [-0.25, -0.2) is 4.98 Å². The van der Waals surface area contributed by atoms with Crippen molar-refractivity contribution in [2.45, 2.75) is 26.3 Å². The Morgan fingerprint density at radius 1 is 1.50 bits per heavy atom. The van der Waals surface area contributed by atoms with Crippen molar-refractivity contribution in [1.29, 1.82) is 0 Å². The van der Waals surface area contributed by atoms with Crippen LogP contribution in [0.5, 0.6) is 0 Å². The van der Waals surface area contributed by atoms with Crippen molar-refractivity contribution in [3.63, 3.8) is 0 Å². The number of nitrogens with two attached hydrogens (primary N) is 1. The molecule has 2 atom stereocenters. The summed E-state index contributed by atoms with van der Waals surface area (Å²) in [7, 11) is 0. The molecule has 1 rings (SSSR count). The molecule has 0 aliphatic carbocycles. The molecule has 1 heterocycles. The van der Waals surface area contributed by atoms with E-state index in [1.165, 1.54) is 0 Å². The van der Waals surface area contributed by atoms with Crippen molar-refractivity contribution >= 4 is 24.0 Å². The monoisotopic (exact) mass is 234 g/mol. The van der Waals surface area contributed by atoms with Gasteiger partial charge in [-0.3, -0.25) is 0 Å². The summed E-state index contributed by atoms with van der Waals surface area (Å²) in [5.41, 5.74) is 7.07. The molecule has 2 N–H and O–H groups in total. The van der Waals surface area contributed by atoms with Crippen molar-refractivity contribution in [2.75, 3.05) is 0 Å². The van der Waals surface area contributed by atoms with Crippen molar-refractivity contribution < 1.29 is 0 Å². The summed E-state index contributed by atoms with van der Waals surface area (Å²) >= 11 is 5.68. The van der Waals surface area contributed by atoms with Gasteiger partial charge in [0, 0.05) is 12.2 Å². The minimum absolute atomic E-state index is 0. The highest BCUT2D eigenvalue weighted by molar-refractivity contribution is 6.29. The van der Waals surface area contributed by atoms with E-state index in [1.54, 1.807) is 12.3 Å². The number of pyridine rings is 1. The maximum atomic E-state index is 6.02. The number of rotatable bonds is 3. The average molecular weight is 235 g/mol. The highest BCUT2D eigenvalue weighted by Gasteiger charge is 2.12. The first-order valence-electron chi connectivity index (χ1n) is 4.52. The Labute approximate surface area is 96.3 Å². The molecule has 0 aliphatic rings. The second-order valence-electron chi connectivity index (χ2n) is 3.33. The molecular formula is C10H16Cl2N2. The number of aromatic nitrogens is 1. The highest BCUT2D eigenvalue weighted by Crippen LogP contribution is 2.21. The van der Waals surface area contributed by atoms with Crippen LogP contribution in [0, 0.1) is 5.92 Å². The molecule has 0 aromatic carbocycles. The van der Waals surface area contributed by atoms with E-state index in [0.29, 0.717) is 11.1 Å². The number of hydrogen-bond donors (Lipinski definition) is 1. The fraction of sp³-hybridized carbons (Fsp3) is 0.500. The molecule has 0 radical (unpaired) electrons. The van der Waals surface area contributed by atoms with Gasteiger partial charge in [0.1, 0.15) is 5.15 Å². The van der Waals surface area contributed by atoms with Crippen LogP contribution in [-0.2, 0) is 0 Å². The second-order valence-corrected chi connectivity index (χ2v) is 3.71. The van der Waals surface area contributed by atoms with Crippen molar-refractivity contribution in [2.24, 2.45) is 11.7 Å². The third-order valence-electron chi connectivity index (χ3n) is 2.39. The van der Waals surface area contributed by atoms with Crippen LogP contribution in [0.4, 0.5) is 0 Å². The summed E-state index contributed by atoms with van der Waals surface area (Å²) in [6, 6.07) is 3.78. The standard InChI is InChI=1S/C10H15ClN2.ClH/c1-3-7(2)10(12)8-4-5-9(11)13-6-8;/h4-7,10H,3,12H2,1-2H3;1H/t7?,10-;/m0./s1. The number of nitrogens with zero attached hydrogens (tertiary/aromatic N) is 1. The molecule has 0 aliphatic heterocycles. The Balaban J connectivity index is 0.00000169. The van der Waals surface area contributed by atoms with Gasteiger partial charge in [0.25, 0.3) is 0 Å². The van der Waals surface area contributed by atoms with Gasteiger partial charge in [0.05, 0.1) is 0 Å². The Bertz CT molecular complexity index is 261. The van der Waals surface area contributed by atoms with Crippen LogP contribution >= 0.6 is 24.0 Å². The zero-order valence-electron chi connectivity index (χ0n) is 8.40. The minimum atomic E-state index is 0. The van der Waals surface area contributed by atoms with E-state index >= 15 is 0 Å². The first-order valence-corrected chi connectivity index (χ1v) is 4.90. The summed E-state index contributed by atoms with van der Waals surface area (Å²) < 4.78 is 0. The average Bonchev–Trinajstić information content (AvgIpc) is 2.17. The van der Waals surface area contributed by atoms with Crippen molar-refractivity contribution in [3.8, 4) is 0 Å². The Kier molecular flexibility index (Phi) is 6.09. The van der Waals surface area contributed by atoms with Gasteiger partial charge >= 0.3 is 0 Å². The topological polar surface area (TPSA) is 38.9 Å². The van der Waals surface area contributed by atoms with Crippen LogP contribution < -0.4 is 5.73 Å². The van der Waals surface area contributed by atoms with Crippen LogP contribution in [0.25, 0.3) is 0 Å². The van der Waals surface area contributed by atoms with E-state index in [0.717, 1.165) is 12.0 Å². The highest BCUT2D eigenvalue weighted by atomic mass is 35.5. The lowest BCUT2D eigenvalue weighted by atomic mass is 9.95. The van der Waals surface area contributed by atoms with E-state index < -0.39 is 0 Å².